The molecule has 0 bridgehead atoms. The molecule has 0 saturated heterocycles. The van der Waals surface area contributed by atoms with Gasteiger partial charge in [-0.25, -0.2) is 22.0 Å². The van der Waals surface area contributed by atoms with Crippen molar-refractivity contribution in [2.75, 3.05) is 0 Å². The maximum absolute atomic E-state index is 12.9. The van der Waals surface area contributed by atoms with Crippen molar-refractivity contribution >= 4 is 0 Å². The van der Waals surface area contributed by atoms with Crippen LogP contribution in [0.15, 0.2) is 12.1 Å². The molecular weight excluding hydrogens is 203 g/mol. The number of alkyl halides is 2. The van der Waals surface area contributed by atoms with Crippen molar-refractivity contribution in [2.45, 2.75) is 19.3 Å². The minimum absolute atomic E-state index is 0.119. The fourth-order valence-corrected chi connectivity index (χ4v) is 0.993. The first kappa shape index (κ1) is 10.9. The molecule has 0 aliphatic carbocycles. The summed E-state index contributed by atoms with van der Waals surface area (Å²) in [4.78, 5) is 0. The summed E-state index contributed by atoms with van der Waals surface area (Å²) >= 11 is 0. The van der Waals surface area contributed by atoms with Crippen molar-refractivity contribution < 1.29 is 22.0 Å². The largest absolute Gasteiger partial charge is 0.275 e. The van der Waals surface area contributed by atoms with Gasteiger partial charge in [-0.3, -0.25) is 0 Å². The number of rotatable bonds is 2. The average Bonchev–Trinajstić information content (AvgIpc) is 2.11. The molecule has 78 valence electrons. The van der Waals surface area contributed by atoms with Crippen LogP contribution in [0.5, 0.6) is 0 Å². The molecule has 0 saturated carbocycles. The van der Waals surface area contributed by atoms with Crippen LogP contribution >= 0.6 is 0 Å². The monoisotopic (exact) mass is 210 g/mol. The lowest BCUT2D eigenvalue weighted by Gasteiger charge is -2.15. The molecule has 0 aliphatic rings. The minimum Gasteiger partial charge on any atom is -0.206 e. The molecule has 0 unspecified atom stereocenters. The van der Waals surface area contributed by atoms with Crippen molar-refractivity contribution in [3.63, 3.8) is 0 Å². The lowest BCUT2D eigenvalue weighted by Crippen LogP contribution is -2.14. The topological polar surface area (TPSA) is 0 Å². The molecule has 1 aromatic rings. The van der Waals surface area contributed by atoms with E-state index in [0.29, 0.717) is 0 Å². The first-order valence-corrected chi connectivity index (χ1v) is 3.91. The SMILES string of the molecule is CCC(F)(F)c1cc(F)c(F)cc1F. The van der Waals surface area contributed by atoms with E-state index in [1.807, 2.05) is 0 Å². The normalized spacial score (nSPS) is 11.9. The van der Waals surface area contributed by atoms with Gasteiger partial charge in [-0.2, -0.15) is 0 Å². The second kappa shape index (κ2) is 3.55. The molecule has 0 aromatic heterocycles. The predicted octanol–water partition coefficient (Wildman–Crippen LogP) is 3.61. The highest BCUT2D eigenvalue weighted by Gasteiger charge is 2.33. The molecule has 0 heterocycles. The van der Waals surface area contributed by atoms with Gasteiger partial charge in [0.25, 0.3) is 5.92 Å². The van der Waals surface area contributed by atoms with Crippen LogP contribution in [0.25, 0.3) is 0 Å². The van der Waals surface area contributed by atoms with Crippen LogP contribution in [0, 0.1) is 17.5 Å². The molecule has 0 atom stereocenters. The number of halogens is 5. The van der Waals surface area contributed by atoms with E-state index in [1.165, 1.54) is 0 Å². The van der Waals surface area contributed by atoms with Gasteiger partial charge in [0, 0.05) is 12.5 Å². The molecule has 0 amide bonds. The van der Waals surface area contributed by atoms with Crippen LogP contribution in [-0.4, -0.2) is 0 Å². The summed E-state index contributed by atoms with van der Waals surface area (Å²) in [5, 5.41) is 0. The highest BCUT2D eigenvalue weighted by molar-refractivity contribution is 5.24. The maximum Gasteiger partial charge on any atom is 0.275 e. The molecule has 0 aliphatic heterocycles. The standard InChI is InChI=1S/C9H7F5/c1-2-9(13,14)5-3-7(11)8(12)4-6(5)10/h3-4H,2H2,1H3. The highest BCUT2D eigenvalue weighted by atomic mass is 19.3. The molecule has 1 aromatic carbocycles. The fraction of sp³-hybridized carbons (Fsp3) is 0.333. The summed E-state index contributed by atoms with van der Waals surface area (Å²) in [7, 11) is 0. The second-order valence-corrected chi connectivity index (χ2v) is 2.80. The van der Waals surface area contributed by atoms with Crippen LogP contribution in [0.3, 0.4) is 0 Å². The van der Waals surface area contributed by atoms with E-state index >= 15 is 0 Å². The summed E-state index contributed by atoms with van der Waals surface area (Å²) < 4.78 is 63.6. The Labute approximate surface area is 77.4 Å². The van der Waals surface area contributed by atoms with Crippen LogP contribution in [0.4, 0.5) is 22.0 Å². The quantitative estimate of drug-likeness (QED) is 0.516. The number of hydrogen-bond acceptors (Lipinski definition) is 0. The van der Waals surface area contributed by atoms with Crippen LogP contribution in [0.2, 0.25) is 0 Å². The van der Waals surface area contributed by atoms with Crippen molar-refractivity contribution in [3.05, 3.63) is 35.1 Å². The Morgan fingerprint density at radius 1 is 1.00 bits per heavy atom. The van der Waals surface area contributed by atoms with Crippen LogP contribution in [0.1, 0.15) is 18.9 Å². The summed E-state index contributed by atoms with van der Waals surface area (Å²) in [6, 6.07) is 0.308. The Balaban J connectivity index is 3.29. The third-order valence-electron chi connectivity index (χ3n) is 1.85. The van der Waals surface area contributed by atoms with Crippen molar-refractivity contribution in [3.8, 4) is 0 Å². The predicted molar refractivity (Wildman–Crippen MR) is 40.5 cm³/mol. The lowest BCUT2D eigenvalue weighted by atomic mass is 10.1. The Kier molecular flexibility index (Phi) is 2.78. The Morgan fingerprint density at radius 2 is 1.50 bits per heavy atom. The first-order chi connectivity index (χ1) is 6.38. The van der Waals surface area contributed by atoms with Gasteiger partial charge >= 0.3 is 0 Å². The molecule has 5 heteroatoms. The van der Waals surface area contributed by atoms with Crippen molar-refractivity contribution in [1.82, 2.24) is 0 Å². The van der Waals surface area contributed by atoms with E-state index in [0.717, 1.165) is 6.92 Å². The number of benzene rings is 1. The fourth-order valence-electron chi connectivity index (χ4n) is 0.993. The van der Waals surface area contributed by atoms with Crippen LogP contribution in [-0.2, 0) is 5.92 Å². The molecule has 0 N–H and O–H groups in total. The highest BCUT2D eigenvalue weighted by Crippen LogP contribution is 2.33. The molecule has 0 radical (unpaired) electrons. The average molecular weight is 210 g/mol. The van der Waals surface area contributed by atoms with Gasteiger partial charge in [-0.05, 0) is 6.07 Å². The molecule has 0 spiro atoms. The summed E-state index contributed by atoms with van der Waals surface area (Å²) in [6.45, 7) is 1.13. The van der Waals surface area contributed by atoms with Gasteiger partial charge in [0.1, 0.15) is 5.82 Å². The minimum atomic E-state index is -3.47. The van der Waals surface area contributed by atoms with Gasteiger partial charge in [0.2, 0.25) is 0 Å². The van der Waals surface area contributed by atoms with Gasteiger partial charge in [-0.15, -0.1) is 0 Å². The van der Waals surface area contributed by atoms with E-state index < -0.39 is 35.4 Å². The van der Waals surface area contributed by atoms with E-state index in [9.17, 15) is 22.0 Å². The molecular formula is C9H7F5. The Hall–Kier alpha value is -1.13. The Morgan fingerprint density at radius 3 is 2.00 bits per heavy atom. The van der Waals surface area contributed by atoms with Gasteiger partial charge in [0.15, 0.2) is 11.6 Å². The molecule has 0 fully saturated rings. The molecule has 0 nitrogen and oxygen atoms in total. The summed E-state index contributed by atoms with van der Waals surface area (Å²) in [5.74, 6) is -7.86. The maximum atomic E-state index is 12.9. The molecule has 14 heavy (non-hydrogen) atoms. The zero-order chi connectivity index (χ0) is 10.9. The molecule has 1 rings (SSSR count). The smallest absolute Gasteiger partial charge is 0.206 e. The third-order valence-corrected chi connectivity index (χ3v) is 1.85. The Bertz CT molecular complexity index is 345. The van der Waals surface area contributed by atoms with E-state index in [4.69, 9.17) is 0 Å². The summed E-state index contributed by atoms with van der Waals surface area (Å²) in [5.41, 5.74) is -1.11. The zero-order valence-corrected chi connectivity index (χ0v) is 7.25. The van der Waals surface area contributed by atoms with E-state index in [1.54, 1.807) is 0 Å². The number of hydrogen-bond donors (Lipinski definition) is 0. The third kappa shape index (κ3) is 1.86. The lowest BCUT2D eigenvalue weighted by molar-refractivity contribution is -0.0122. The van der Waals surface area contributed by atoms with Crippen LogP contribution < -0.4 is 0 Å². The van der Waals surface area contributed by atoms with E-state index in [2.05, 4.69) is 0 Å². The summed E-state index contributed by atoms with van der Waals surface area (Å²) in [6.07, 6.45) is -0.672. The zero-order valence-electron chi connectivity index (χ0n) is 7.25. The van der Waals surface area contributed by atoms with Gasteiger partial charge < -0.3 is 0 Å². The van der Waals surface area contributed by atoms with Crippen molar-refractivity contribution in [1.29, 1.82) is 0 Å². The van der Waals surface area contributed by atoms with E-state index in [-0.39, 0.29) is 12.1 Å². The first-order valence-electron chi connectivity index (χ1n) is 3.91. The second-order valence-electron chi connectivity index (χ2n) is 2.80. The van der Waals surface area contributed by atoms with Gasteiger partial charge in [0.05, 0.1) is 5.56 Å². The van der Waals surface area contributed by atoms with Crippen molar-refractivity contribution in [2.24, 2.45) is 0 Å². The van der Waals surface area contributed by atoms with Gasteiger partial charge in [-0.1, -0.05) is 6.92 Å².